The van der Waals surface area contributed by atoms with Crippen LogP contribution in [0, 0.1) is 5.92 Å². The molecule has 1 aliphatic carbocycles. The number of hydrogen-bond donors (Lipinski definition) is 1. The van der Waals surface area contributed by atoms with Crippen LogP contribution in [0.4, 0.5) is 0 Å². The molecule has 0 spiro atoms. The van der Waals surface area contributed by atoms with E-state index in [9.17, 15) is 5.11 Å². The van der Waals surface area contributed by atoms with Gasteiger partial charge >= 0.3 is 0 Å². The number of rotatable bonds is 1. The lowest BCUT2D eigenvalue weighted by molar-refractivity contribution is -0.0377. The van der Waals surface area contributed by atoms with Gasteiger partial charge in [-0.25, -0.2) is 0 Å². The Hall–Kier alpha value is -0.0800. The van der Waals surface area contributed by atoms with Crippen LogP contribution >= 0.6 is 0 Å². The van der Waals surface area contributed by atoms with Crippen LogP contribution < -0.4 is 0 Å². The molecule has 1 saturated heterocycles. The van der Waals surface area contributed by atoms with E-state index in [4.69, 9.17) is 0 Å². The fraction of sp³-hybridized carbons (Fsp3) is 1.00. The van der Waals surface area contributed by atoms with E-state index in [1.54, 1.807) is 0 Å². The number of piperidine rings is 1. The Kier molecular flexibility index (Phi) is 3.36. The van der Waals surface area contributed by atoms with Gasteiger partial charge in [-0.1, -0.05) is 19.8 Å². The van der Waals surface area contributed by atoms with Crippen molar-refractivity contribution in [1.29, 1.82) is 0 Å². The number of hydrogen-bond acceptors (Lipinski definition) is 2. The second-order valence-electron chi connectivity index (χ2n) is 6.00. The molecule has 0 aromatic carbocycles. The Morgan fingerprint density at radius 1 is 1.27 bits per heavy atom. The molecule has 2 rings (SSSR count). The molecule has 2 fully saturated rings. The lowest BCUT2D eigenvalue weighted by Gasteiger charge is -2.43. The van der Waals surface area contributed by atoms with Crippen LogP contribution in [0.15, 0.2) is 0 Å². The van der Waals surface area contributed by atoms with Crippen molar-refractivity contribution < 1.29 is 5.11 Å². The molecular weight excluding hydrogens is 186 g/mol. The van der Waals surface area contributed by atoms with Gasteiger partial charge in [0.1, 0.15) is 0 Å². The van der Waals surface area contributed by atoms with Crippen molar-refractivity contribution in [3.63, 3.8) is 0 Å². The maximum atomic E-state index is 10.1. The number of aliphatic hydroxyl groups is 1. The summed E-state index contributed by atoms with van der Waals surface area (Å²) >= 11 is 0. The van der Waals surface area contributed by atoms with E-state index < -0.39 is 5.60 Å². The van der Waals surface area contributed by atoms with Gasteiger partial charge in [0.05, 0.1) is 5.60 Å². The van der Waals surface area contributed by atoms with Crippen molar-refractivity contribution in [1.82, 2.24) is 4.90 Å². The quantitative estimate of drug-likeness (QED) is 0.720. The minimum Gasteiger partial charge on any atom is -0.389 e. The predicted molar refractivity (Wildman–Crippen MR) is 62.9 cm³/mol. The zero-order chi connectivity index (χ0) is 10.9. The van der Waals surface area contributed by atoms with Gasteiger partial charge in [0.25, 0.3) is 0 Å². The molecule has 0 aromatic rings. The van der Waals surface area contributed by atoms with Crippen molar-refractivity contribution in [2.75, 3.05) is 13.1 Å². The first-order valence-corrected chi connectivity index (χ1v) is 6.53. The first kappa shape index (κ1) is 11.4. The number of β-amino-alcohol motifs (C(OH)–C–C–N with tert-alkyl or cyclic N) is 1. The van der Waals surface area contributed by atoms with Crippen LogP contribution in [0.3, 0.4) is 0 Å². The summed E-state index contributed by atoms with van der Waals surface area (Å²) in [6.07, 6.45) is 7.62. The van der Waals surface area contributed by atoms with Gasteiger partial charge in [-0.15, -0.1) is 0 Å². The fourth-order valence-electron chi connectivity index (χ4n) is 3.30. The van der Waals surface area contributed by atoms with Gasteiger partial charge in [-0.05, 0) is 45.1 Å². The zero-order valence-electron chi connectivity index (χ0n) is 10.2. The van der Waals surface area contributed by atoms with Crippen molar-refractivity contribution in [3.8, 4) is 0 Å². The molecule has 1 saturated carbocycles. The minimum atomic E-state index is -0.432. The molecule has 0 radical (unpaired) electrons. The third-order valence-electron chi connectivity index (χ3n) is 4.13. The van der Waals surface area contributed by atoms with E-state index in [0.29, 0.717) is 0 Å². The smallest absolute Gasteiger partial charge is 0.0746 e. The van der Waals surface area contributed by atoms with E-state index in [1.165, 1.54) is 32.2 Å². The normalized spacial score (nSPS) is 44.2. The molecule has 1 heterocycles. The van der Waals surface area contributed by atoms with Crippen LogP contribution in [-0.2, 0) is 0 Å². The van der Waals surface area contributed by atoms with Gasteiger partial charge in [-0.2, -0.15) is 0 Å². The average Bonchev–Trinajstić information content (AvgIpc) is 2.16. The van der Waals surface area contributed by atoms with E-state index >= 15 is 0 Å². The van der Waals surface area contributed by atoms with E-state index in [-0.39, 0.29) is 0 Å². The summed E-state index contributed by atoms with van der Waals surface area (Å²) in [5, 5.41) is 10.1. The highest BCUT2D eigenvalue weighted by molar-refractivity contribution is 4.88. The Morgan fingerprint density at radius 2 is 2.07 bits per heavy atom. The SMILES string of the molecule is CC1CCCC(N2CCCC(C)(O)C2)C1. The maximum Gasteiger partial charge on any atom is 0.0746 e. The van der Waals surface area contributed by atoms with E-state index in [0.717, 1.165) is 31.3 Å². The lowest BCUT2D eigenvalue weighted by Crippen LogP contribution is -2.51. The number of likely N-dealkylation sites (tertiary alicyclic amines) is 1. The Balaban J connectivity index is 1.92. The van der Waals surface area contributed by atoms with E-state index in [1.807, 2.05) is 6.92 Å². The van der Waals surface area contributed by atoms with Crippen LogP contribution in [0.25, 0.3) is 0 Å². The van der Waals surface area contributed by atoms with Crippen molar-refractivity contribution in [3.05, 3.63) is 0 Å². The zero-order valence-corrected chi connectivity index (χ0v) is 10.2. The summed E-state index contributed by atoms with van der Waals surface area (Å²) in [6, 6.07) is 0.750. The number of nitrogens with zero attached hydrogens (tertiary/aromatic N) is 1. The van der Waals surface area contributed by atoms with E-state index in [2.05, 4.69) is 11.8 Å². The highest BCUT2D eigenvalue weighted by atomic mass is 16.3. The molecule has 1 N–H and O–H groups in total. The summed E-state index contributed by atoms with van der Waals surface area (Å²) in [7, 11) is 0. The second-order valence-corrected chi connectivity index (χ2v) is 6.00. The fourth-order valence-corrected chi connectivity index (χ4v) is 3.30. The van der Waals surface area contributed by atoms with Crippen LogP contribution in [0.5, 0.6) is 0 Å². The average molecular weight is 211 g/mol. The summed E-state index contributed by atoms with van der Waals surface area (Å²) in [4.78, 5) is 2.54. The first-order valence-electron chi connectivity index (χ1n) is 6.53. The van der Waals surface area contributed by atoms with Crippen LogP contribution in [-0.4, -0.2) is 34.7 Å². The summed E-state index contributed by atoms with van der Waals surface area (Å²) < 4.78 is 0. The highest BCUT2D eigenvalue weighted by Gasteiger charge is 2.33. The molecule has 0 bridgehead atoms. The molecule has 0 amide bonds. The standard InChI is InChI=1S/C13H25NO/c1-11-5-3-6-12(9-11)14-8-4-7-13(2,15)10-14/h11-12,15H,3-10H2,1-2H3. The van der Waals surface area contributed by atoms with Gasteiger partial charge in [0, 0.05) is 12.6 Å². The van der Waals surface area contributed by atoms with Gasteiger partial charge in [-0.3, -0.25) is 4.90 Å². The van der Waals surface area contributed by atoms with Gasteiger partial charge in [0.2, 0.25) is 0 Å². The Morgan fingerprint density at radius 3 is 2.73 bits per heavy atom. The summed E-state index contributed by atoms with van der Waals surface area (Å²) in [5.41, 5.74) is -0.432. The van der Waals surface area contributed by atoms with Crippen molar-refractivity contribution >= 4 is 0 Å². The topological polar surface area (TPSA) is 23.5 Å². The second kappa shape index (κ2) is 4.42. The van der Waals surface area contributed by atoms with Crippen molar-refractivity contribution in [2.45, 2.75) is 64.0 Å². The van der Waals surface area contributed by atoms with Crippen LogP contribution in [0.2, 0.25) is 0 Å². The monoisotopic (exact) mass is 211 g/mol. The molecule has 2 aliphatic rings. The van der Waals surface area contributed by atoms with Crippen molar-refractivity contribution in [2.24, 2.45) is 5.92 Å². The molecule has 3 unspecified atom stereocenters. The molecular formula is C13H25NO. The molecule has 3 atom stereocenters. The minimum absolute atomic E-state index is 0.432. The molecule has 15 heavy (non-hydrogen) atoms. The third-order valence-corrected chi connectivity index (χ3v) is 4.13. The van der Waals surface area contributed by atoms with Gasteiger partial charge in [0.15, 0.2) is 0 Å². The molecule has 2 heteroatoms. The lowest BCUT2D eigenvalue weighted by atomic mass is 9.84. The van der Waals surface area contributed by atoms with Crippen LogP contribution in [0.1, 0.15) is 52.4 Å². The maximum absolute atomic E-state index is 10.1. The molecule has 1 aliphatic heterocycles. The first-order chi connectivity index (χ1) is 7.07. The third kappa shape index (κ3) is 2.94. The predicted octanol–water partition coefficient (Wildman–Crippen LogP) is 2.41. The summed E-state index contributed by atoms with van der Waals surface area (Å²) in [6.45, 7) is 6.46. The highest BCUT2D eigenvalue weighted by Crippen LogP contribution is 2.31. The molecule has 2 nitrogen and oxygen atoms in total. The Labute approximate surface area is 93.7 Å². The Bertz CT molecular complexity index is 215. The molecule has 88 valence electrons. The largest absolute Gasteiger partial charge is 0.389 e. The summed E-state index contributed by atoms with van der Waals surface area (Å²) in [5.74, 6) is 0.885. The van der Waals surface area contributed by atoms with Gasteiger partial charge < -0.3 is 5.11 Å². The molecule has 0 aromatic heterocycles.